The van der Waals surface area contributed by atoms with Crippen LogP contribution in [0.2, 0.25) is 5.02 Å². The van der Waals surface area contributed by atoms with Gasteiger partial charge in [0, 0.05) is 24.3 Å². The fourth-order valence-corrected chi connectivity index (χ4v) is 5.46. The van der Waals surface area contributed by atoms with E-state index in [9.17, 15) is 14.7 Å². The summed E-state index contributed by atoms with van der Waals surface area (Å²) in [5, 5.41) is 22.7. The van der Waals surface area contributed by atoms with Gasteiger partial charge >= 0.3 is 0 Å². The molecule has 1 fully saturated rings. The van der Waals surface area contributed by atoms with Crippen molar-refractivity contribution < 1.29 is 14.7 Å². The van der Waals surface area contributed by atoms with Gasteiger partial charge in [0.15, 0.2) is 0 Å². The predicted molar refractivity (Wildman–Crippen MR) is 163 cm³/mol. The first-order valence-electron chi connectivity index (χ1n) is 14.0. The Hall–Kier alpha value is -4.06. The number of hydrogen-bond acceptors (Lipinski definition) is 9. The highest BCUT2D eigenvalue weighted by atomic mass is 35.5. The largest absolute Gasteiger partial charge is 0.370 e. The zero-order valence-electron chi connectivity index (χ0n) is 23.5. The number of anilines is 3. The highest BCUT2D eigenvalue weighted by Gasteiger charge is 2.35. The third-order valence-electron chi connectivity index (χ3n) is 7.28. The van der Waals surface area contributed by atoms with Crippen LogP contribution in [-0.4, -0.2) is 75.7 Å². The maximum absolute atomic E-state index is 12.9. The summed E-state index contributed by atoms with van der Waals surface area (Å²) < 4.78 is 0. The van der Waals surface area contributed by atoms with Crippen molar-refractivity contribution in [2.45, 2.75) is 49.9 Å². The van der Waals surface area contributed by atoms with Crippen molar-refractivity contribution in [1.29, 1.82) is 0 Å². The molecule has 0 radical (unpaired) electrons. The Morgan fingerprint density at radius 3 is 2.76 bits per heavy atom. The number of amides is 2. The van der Waals surface area contributed by atoms with Gasteiger partial charge in [0.05, 0.1) is 28.8 Å². The summed E-state index contributed by atoms with van der Waals surface area (Å²) in [6.45, 7) is 0.718. The van der Waals surface area contributed by atoms with Crippen molar-refractivity contribution in [3.8, 4) is 0 Å². The van der Waals surface area contributed by atoms with Crippen LogP contribution in [0.5, 0.6) is 0 Å². The van der Waals surface area contributed by atoms with Gasteiger partial charge in [-0.05, 0) is 69.6 Å². The van der Waals surface area contributed by atoms with Crippen LogP contribution in [0.15, 0.2) is 60.9 Å². The van der Waals surface area contributed by atoms with Gasteiger partial charge in [-0.1, -0.05) is 35.9 Å². The number of rotatable bonds is 10. The highest BCUT2D eigenvalue weighted by molar-refractivity contribution is 6.31. The van der Waals surface area contributed by atoms with Gasteiger partial charge in [0.25, 0.3) is 5.91 Å². The molecule has 1 aromatic carbocycles. The molecule has 42 heavy (non-hydrogen) atoms. The van der Waals surface area contributed by atoms with E-state index in [1.54, 1.807) is 18.2 Å². The Morgan fingerprint density at radius 1 is 1.17 bits per heavy atom. The molecule has 2 aromatic heterocycles. The van der Waals surface area contributed by atoms with Crippen molar-refractivity contribution in [3.05, 3.63) is 82.9 Å². The second-order valence-corrected chi connectivity index (χ2v) is 11.2. The molecule has 12 heteroatoms. The molecule has 11 nitrogen and oxygen atoms in total. The van der Waals surface area contributed by atoms with Crippen molar-refractivity contribution in [2.75, 3.05) is 36.6 Å². The van der Waals surface area contributed by atoms with E-state index in [1.807, 2.05) is 49.3 Å². The van der Waals surface area contributed by atoms with E-state index >= 15 is 0 Å². The number of halogens is 1. The summed E-state index contributed by atoms with van der Waals surface area (Å²) in [6.07, 6.45) is 9.06. The number of benzene rings is 1. The molecule has 220 valence electrons. The van der Waals surface area contributed by atoms with Gasteiger partial charge in [-0.3, -0.25) is 9.59 Å². The number of aromatic nitrogens is 3. The lowest BCUT2D eigenvalue weighted by molar-refractivity contribution is -0.116. The standard InChI is InChI=1S/C30H35ClN8O3/c1-39(2)14-6-11-25(40)34-20-12-13-24(32-16-20)28(41)35-18-7-5-8-19(15-18)36-30-33-17-22(31)27(38-30)26-21-9-3-4-10-23(21)37-29(26)42/h3-4,6,9-13,16-19,25-26,34,40H,5,7-8,14-15H2,1-2H3,(H,35,41)(H,37,42)(H,33,36,38)/b11-6+/t18-,19+,25?,26?/m0/s1. The second-order valence-electron chi connectivity index (χ2n) is 10.8. The van der Waals surface area contributed by atoms with Gasteiger partial charge in [-0.15, -0.1) is 0 Å². The molecule has 5 rings (SSSR count). The Labute approximate surface area is 249 Å². The van der Waals surface area contributed by atoms with Crippen LogP contribution in [-0.2, 0) is 4.79 Å². The van der Waals surface area contributed by atoms with E-state index in [4.69, 9.17) is 11.6 Å². The molecule has 1 aliphatic heterocycles. The molecule has 3 heterocycles. The summed E-state index contributed by atoms with van der Waals surface area (Å²) in [4.78, 5) is 40.9. The second kappa shape index (κ2) is 13.3. The number of para-hydroxylation sites is 1. The summed E-state index contributed by atoms with van der Waals surface area (Å²) in [5.74, 6) is -0.636. The lowest BCUT2D eigenvalue weighted by atomic mass is 9.91. The molecule has 0 bridgehead atoms. The topological polar surface area (TPSA) is 144 Å². The van der Waals surface area contributed by atoms with Crippen molar-refractivity contribution in [1.82, 2.24) is 25.2 Å². The number of carbonyl (C=O) groups excluding carboxylic acids is 2. The van der Waals surface area contributed by atoms with Crippen LogP contribution in [0.4, 0.5) is 17.3 Å². The van der Waals surface area contributed by atoms with Crippen LogP contribution < -0.4 is 21.3 Å². The number of nitrogens with zero attached hydrogens (tertiary/aromatic N) is 4. The van der Waals surface area contributed by atoms with Crippen molar-refractivity contribution >= 4 is 40.7 Å². The monoisotopic (exact) mass is 590 g/mol. The van der Waals surface area contributed by atoms with Gasteiger partial charge in [-0.25, -0.2) is 15.0 Å². The Bertz CT molecular complexity index is 1450. The van der Waals surface area contributed by atoms with Crippen LogP contribution >= 0.6 is 11.6 Å². The summed E-state index contributed by atoms with van der Waals surface area (Å²) in [5.41, 5.74) is 2.96. The number of likely N-dealkylation sites (N-methyl/N-ethyl adjacent to an activating group) is 1. The average Bonchev–Trinajstić information content (AvgIpc) is 3.30. The number of fused-ring (bicyclic) bond motifs is 1. The van der Waals surface area contributed by atoms with E-state index in [1.165, 1.54) is 12.4 Å². The number of aliphatic hydroxyl groups excluding tert-OH is 1. The Kier molecular flexibility index (Phi) is 9.31. The molecular weight excluding hydrogens is 556 g/mol. The number of nitrogens with one attached hydrogen (secondary N) is 4. The SMILES string of the molecule is CN(C)C/C=C/C(O)Nc1ccc(C(=O)N[C@H]2CCC[C@@H](Nc3ncc(Cl)c(C4C(=O)Nc5ccccc54)n3)C2)nc1. The maximum atomic E-state index is 12.9. The number of aliphatic hydroxyl groups is 1. The zero-order valence-corrected chi connectivity index (χ0v) is 24.3. The molecule has 1 saturated carbocycles. The minimum absolute atomic E-state index is 0.0318. The zero-order chi connectivity index (χ0) is 29.6. The molecule has 0 saturated heterocycles. The van der Waals surface area contributed by atoms with Crippen LogP contribution in [0.25, 0.3) is 0 Å². The van der Waals surface area contributed by atoms with E-state index < -0.39 is 12.1 Å². The van der Waals surface area contributed by atoms with E-state index in [0.717, 1.165) is 37.1 Å². The lowest BCUT2D eigenvalue weighted by Gasteiger charge is -2.30. The number of pyridine rings is 1. The normalized spacial score (nSPS) is 20.7. The lowest BCUT2D eigenvalue weighted by Crippen LogP contribution is -2.42. The van der Waals surface area contributed by atoms with Gasteiger partial charge in [0.2, 0.25) is 11.9 Å². The fraction of sp³-hybridized carbons (Fsp3) is 0.367. The molecule has 2 aliphatic rings. The van der Waals surface area contributed by atoms with E-state index in [0.29, 0.717) is 34.5 Å². The van der Waals surface area contributed by atoms with Gasteiger partial charge < -0.3 is 31.3 Å². The van der Waals surface area contributed by atoms with Gasteiger partial charge in [-0.2, -0.15) is 0 Å². The third kappa shape index (κ3) is 7.22. The number of carbonyl (C=O) groups is 2. The average molecular weight is 591 g/mol. The summed E-state index contributed by atoms with van der Waals surface area (Å²) in [7, 11) is 3.90. The quantitative estimate of drug-likeness (QED) is 0.177. The van der Waals surface area contributed by atoms with E-state index in [2.05, 4.69) is 36.2 Å². The third-order valence-corrected chi connectivity index (χ3v) is 7.57. The molecule has 4 atom stereocenters. The molecule has 2 amide bonds. The minimum atomic E-state index is -0.857. The van der Waals surface area contributed by atoms with E-state index in [-0.39, 0.29) is 23.9 Å². The van der Waals surface area contributed by atoms with Crippen LogP contribution in [0.3, 0.4) is 0 Å². The smallest absolute Gasteiger partial charge is 0.270 e. The molecule has 1 aliphatic carbocycles. The minimum Gasteiger partial charge on any atom is -0.370 e. The Balaban J connectivity index is 1.17. The first-order valence-corrected chi connectivity index (χ1v) is 14.4. The fourth-order valence-electron chi connectivity index (χ4n) is 5.26. The summed E-state index contributed by atoms with van der Waals surface area (Å²) in [6, 6.07) is 10.8. The van der Waals surface area contributed by atoms with Crippen LogP contribution in [0, 0.1) is 0 Å². The highest BCUT2D eigenvalue weighted by Crippen LogP contribution is 2.38. The Morgan fingerprint density at radius 2 is 1.98 bits per heavy atom. The van der Waals surface area contributed by atoms with Crippen molar-refractivity contribution in [3.63, 3.8) is 0 Å². The van der Waals surface area contributed by atoms with Crippen molar-refractivity contribution in [2.24, 2.45) is 0 Å². The maximum Gasteiger partial charge on any atom is 0.270 e. The predicted octanol–water partition coefficient (Wildman–Crippen LogP) is 3.61. The van der Waals surface area contributed by atoms with Gasteiger partial charge in [0.1, 0.15) is 17.8 Å². The molecule has 3 aromatic rings. The summed E-state index contributed by atoms with van der Waals surface area (Å²) >= 11 is 6.45. The first-order chi connectivity index (χ1) is 20.3. The molecular formula is C30H35ClN8O3. The molecule has 0 spiro atoms. The molecule has 2 unspecified atom stereocenters. The molecule has 5 N–H and O–H groups in total. The first kappa shape index (κ1) is 29.4. The van der Waals surface area contributed by atoms with Crippen LogP contribution in [0.1, 0.15) is 53.3 Å². The number of hydrogen-bond donors (Lipinski definition) is 5.